The summed E-state index contributed by atoms with van der Waals surface area (Å²) < 4.78 is 4.92. The molecule has 0 aliphatic rings. The highest BCUT2D eigenvalue weighted by molar-refractivity contribution is 5.98. The SMILES string of the molecule is Cc1cc(C)cc(NC(=O)COC(=O)CCC(=O)c2ccccc2)c1. The van der Waals surface area contributed by atoms with Gasteiger partial charge in [-0.05, 0) is 37.1 Å². The highest BCUT2D eigenvalue weighted by Gasteiger charge is 2.12. The molecule has 0 fully saturated rings. The Morgan fingerprint density at radius 3 is 2.20 bits per heavy atom. The minimum atomic E-state index is -0.570. The summed E-state index contributed by atoms with van der Waals surface area (Å²) in [5, 5.41) is 2.69. The molecule has 0 bridgehead atoms. The molecule has 0 saturated heterocycles. The van der Waals surface area contributed by atoms with Crippen LogP contribution in [-0.4, -0.2) is 24.3 Å². The molecule has 0 unspecified atom stereocenters. The molecule has 0 radical (unpaired) electrons. The fraction of sp³-hybridized carbons (Fsp3) is 0.250. The van der Waals surface area contributed by atoms with Gasteiger partial charge in [0.05, 0.1) is 6.42 Å². The van der Waals surface area contributed by atoms with Gasteiger partial charge in [0.25, 0.3) is 5.91 Å². The number of hydrogen-bond acceptors (Lipinski definition) is 4. The van der Waals surface area contributed by atoms with Crippen molar-refractivity contribution in [3.05, 3.63) is 65.2 Å². The smallest absolute Gasteiger partial charge is 0.306 e. The molecule has 2 rings (SSSR count). The van der Waals surface area contributed by atoms with Gasteiger partial charge in [-0.2, -0.15) is 0 Å². The zero-order valence-corrected chi connectivity index (χ0v) is 14.4. The van der Waals surface area contributed by atoms with Crippen LogP contribution in [0.3, 0.4) is 0 Å². The number of carbonyl (C=O) groups excluding carboxylic acids is 3. The number of ether oxygens (including phenoxy) is 1. The Labute approximate surface area is 147 Å². The number of carbonyl (C=O) groups is 3. The predicted molar refractivity (Wildman–Crippen MR) is 95.5 cm³/mol. The maximum atomic E-state index is 11.9. The van der Waals surface area contributed by atoms with Gasteiger partial charge in [0, 0.05) is 17.7 Å². The average molecular weight is 339 g/mol. The van der Waals surface area contributed by atoms with Gasteiger partial charge in [-0.3, -0.25) is 14.4 Å². The van der Waals surface area contributed by atoms with Crippen LogP contribution in [0.25, 0.3) is 0 Å². The van der Waals surface area contributed by atoms with Crippen molar-refractivity contribution in [1.29, 1.82) is 0 Å². The van der Waals surface area contributed by atoms with Crippen LogP contribution in [0.1, 0.15) is 34.3 Å². The van der Waals surface area contributed by atoms with Crippen LogP contribution < -0.4 is 5.32 Å². The van der Waals surface area contributed by atoms with Crippen molar-refractivity contribution in [2.45, 2.75) is 26.7 Å². The van der Waals surface area contributed by atoms with Crippen LogP contribution >= 0.6 is 0 Å². The number of ketones is 1. The van der Waals surface area contributed by atoms with E-state index >= 15 is 0 Å². The van der Waals surface area contributed by atoms with Gasteiger partial charge in [-0.25, -0.2) is 0 Å². The maximum Gasteiger partial charge on any atom is 0.306 e. The maximum absolute atomic E-state index is 11.9. The Morgan fingerprint density at radius 2 is 1.56 bits per heavy atom. The quantitative estimate of drug-likeness (QED) is 0.619. The second kappa shape index (κ2) is 8.78. The van der Waals surface area contributed by atoms with Crippen molar-refractivity contribution in [2.75, 3.05) is 11.9 Å². The number of aryl methyl sites for hydroxylation is 2. The molecule has 0 aromatic heterocycles. The summed E-state index contributed by atoms with van der Waals surface area (Å²) in [5.41, 5.74) is 3.29. The molecule has 0 spiro atoms. The van der Waals surface area contributed by atoms with Crippen LogP contribution in [0, 0.1) is 13.8 Å². The minimum absolute atomic E-state index is 0.0510. The Morgan fingerprint density at radius 1 is 0.920 bits per heavy atom. The lowest BCUT2D eigenvalue weighted by molar-refractivity contribution is -0.147. The molecule has 0 atom stereocenters. The van der Waals surface area contributed by atoms with Crippen LogP contribution in [-0.2, 0) is 14.3 Å². The topological polar surface area (TPSA) is 72.5 Å². The molecular formula is C20H21NO4. The molecule has 130 valence electrons. The zero-order valence-electron chi connectivity index (χ0n) is 14.4. The summed E-state index contributed by atoms with van der Waals surface area (Å²) in [6.45, 7) is 3.50. The number of Topliss-reactive ketones (excluding diaryl/α,β-unsaturated/α-hetero) is 1. The molecule has 0 aliphatic carbocycles. The Bertz CT molecular complexity index is 748. The number of esters is 1. The van der Waals surface area contributed by atoms with Crippen molar-refractivity contribution in [3.8, 4) is 0 Å². The fourth-order valence-corrected chi connectivity index (χ4v) is 2.45. The third-order valence-corrected chi connectivity index (χ3v) is 3.52. The molecule has 0 aliphatic heterocycles. The molecule has 2 aromatic carbocycles. The number of hydrogen-bond donors (Lipinski definition) is 1. The van der Waals surface area contributed by atoms with Gasteiger partial charge in [0.2, 0.25) is 0 Å². The van der Waals surface area contributed by atoms with E-state index in [0.717, 1.165) is 11.1 Å². The van der Waals surface area contributed by atoms with Crippen LogP contribution in [0.5, 0.6) is 0 Å². The summed E-state index contributed by atoms with van der Waals surface area (Å²) in [5.74, 6) is -1.11. The van der Waals surface area contributed by atoms with E-state index < -0.39 is 11.9 Å². The van der Waals surface area contributed by atoms with E-state index in [-0.39, 0.29) is 25.2 Å². The Balaban J connectivity index is 1.74. The van der Waals surface area contributed by atoms with Crippen molar-refractivity contribution in [3.63, 3.8) is 0 Å². The van der Waals surface area contributed by atoms with E-state index in [0.29, 0.717) is 11.3 Å². The molecule has 5 heteroatoms. The summed E-state index contributed by atoms with van der Waals surface area (Å²) in [4.78, 5) is 35.4. The van der Waals surface area contributed by atoms with E-state index in [4.69, 9.17) is 4.74 Å². The Hall–Kier alpha value is -2.95. The molecule has 5 nitrogen and oxygen atoms in total. The van der Waals surface area contributed by atoms with Crippen molar-refractivity contribution < 1.29 is 19.1 Å². The monoisotopic (exact) mass is 339 g/mol. The lowest BCUT2D eigenvalue weighted by Gasteiger charge is -2.08. The Kier molecular flexibility index (Phi) is 6.46. The third kappa shape index (κ3) is 6.22. The fourth-order valence-electron chi connectivity index (χ4n) is 2.45. The zero-order chi connectivity index (χ0) is 18.2. The number of anilines is 1. The van der Waals surface area contributed by atoms with E-state index in [2.05, 4.69) is 5.32 Å². The first-order valence-electron chi connectivity index (χ1n) is 8.06. The minimum Gasteiger partial charge on any atom is -0.456 e. The lowest BCUT2D eigenvalue weighted by atomic mass is 10.1. The first-order chi connectivity index (χ1) is 11.9. The molecule has 1 amide bonds. The first-order valence-corrected chi connectivity index (χ1v) is 8.06. The van der Waals surface area contributed by atoms with Gasteiger partial charge >= 0.3 is 5.97 Å². The summed E-state index contributed by atoms with van der Waals surface area (Å²) in [7, 11) is 0. The van der Waals surface area contributed by atoms with Crippen LogP contribution in [0.15, 0.2) is 48.5 Å². The number of rotatable bonds is 7. The standard InChI is InChI=1S/C20H21NO4/c1-14-10-15(2)12-17(11-14)21-19(23)13-25-20(24)9-8-18(22)16-6-4-3-5-7-16/h3-7,10-12H,8-9,13H2,1-2H3,(H,21,23). The average Bonchev–Trinajstić information content (AvgIpc) is 2.57. The highest BCUT2D eigenvalue weighted by Crippen LogP contribution is 2.13. The highest BCUT2D eigenvalue weighted by atomic mass is 16.5. The lowest BCUT2D eigenvalue weighted by Crippen LogP contribution is -2.21. The number of nitrogens with one attached hydrogen (secondary N) is 1. The second-order valence-electron chi connectivity index (χ2n) is 5.87. The van der Waals surface area contributed by atoms with E-state index in [1.54, 1.807) is 24.3 Å². The molecule has 1 N–H and O–H groups in total. The van der Waals surface area contributed by atoms with Crippen molar-refractivity contribution in [1.82, 2.24) is 0 Å². The van der Waals surface area contributed by atoms with Gasteiger partial charge in [0.15, 0.2) is 12.4 Å². The molecule has 0 heterocycles. The van der Waals surface area contributed by atoms with Crippen LogP contribution in [0.4, 0.5) is 5.69 Å². The van der Waals surface area contributed by atoms with Gasteiger partial charge in [0.1, 0.15) is 0 Å². The van der Waals surface area contributed by atoms with Crippen molar-refractivity contribution >= 4 is 23.3 Å². The molecule has 2 aromatic rings. The first kappa shape index (κ1) is 18.4. The normalized spacial score (nSPS) is 10.2. The molecule has 0 saturated carbocycles. The largest absolute Gasteiger partial charge is 0.456 e. The summed E-state index contributed by atoms with van der Waals surface area (Å²) in [6.07, 6.45) is 0.00605. The van der Waals surface area contributed by atoms with E-state index in [9.17, 15) is 14.4 Å². The van der Waals surface area contributed by atoms with Gasteiger partial charge in [-0.1, -0.05) is 36.4 Å². The summed E-state index contributed by atoms with van der Waals surface area (Å²) in [6, 6.07) is 14.4. The molecule has 25 heavy (non-hydrogen) atoms. The van der Waals surface area contributed by atoms with E-state index in [1.807, 2.05) is 38.1 Å². The third-order valence-electron chi connectivity index (χ3n) is 3.52. The second-order valence-corrected chi connectivity index (χ2v) is 5.87. The van der Waals surface area contributed by atoms with Crippen LogP contribution in [0.2, 0.25) is 0 Å². The number of benzene rings is 2. The number of amides is 1. The predicted octanol–water partition coefficient (Wildman–Crippen LogP) is 3.45. The van der Waals surface area contributed by atoms with Gasteiger partial charge < -0.3 is 10.1 Å². The van der Waals surface area contributed by atoms with E-state index in [1.165, 1.54) is 0 Å². The van der Waals surface area contributed by atoms with Gasteiger partial charge in [-0.15, -0.1) is 0 Å². The molecular weight excluding hydrogens is 318 g/mol. The van der Waals surface area contributed by atoms with Crippen molar-refractivity contribution in [2.24, 2.45) is 0 Å². The summed E-state index contributed by atoms with van der Waals surface area (Å²) >= 11 is 0.